The fourth-order valence-corrected chi connectivity index (χ4v) is 3.24. The number of rotatable bonds is 6. The molecule has 1 aliphatic rings. The Hall–Kier alpha value is -1.59. The van der Waals surface area contributed by atoms with E-state index in [1.165, 1.54) is 44.9 Å². The molecule has 0 amide bonds. The smallest absolute Gasteiger partial charge is 0.191 e. The molecule has 23 heavy (non-hydrogen) atoms. The molecule has 6 nitrogen and oxygen atoms in total. The van der Waals surface area contributed by atoms with Crippen LogP contribution >= 0.6 is 0 Å². The van der Waals surface area contributed by atoms with Crippen LogP contribution in [0.5, 0.6) is 0 Å². The van der Waals surface area contributed by atoms with Crippen LogP contribution in [0.25, 0.3) is 0 Å². The summed E-state index contributed by atoms with van der Waals surface area (Å²) < 4.78 is 2.09. The number of aryl methyl sites for hydroxylation is 1. The molecule has 0 radical (unpaired) electrons. The first kappa shape index (κ1) is 17.8. The predicted molar refractivity (Wildman–Crippen MR) is 94.6 cm³/mol. The van der Waals surface area contributed by atoms with Crippen LogP contribution in [0, 0.1) is 5.92 Å². The lowest BCUT2D eigenvalue weighted by Gasteiger charge is -2.21. The molecule has 0 atom stereocenters. The third kappa shape index (κ3) is 6.20. The quantitative estimate of drug-likeness (QED) is 0.624. The van der Waals surface area contributed by atoms with Gasteiger partial charge < -0.3 is 15.2 Å². The third-order valence-electron chi connectivity index (χ3n) is 4.66. The maximum Gasteiger partial charge on any atom is 0.191 e. The van der Waals surface area contributed by atoms with Gasteiger partial charge in [-0.1, -0.05) is 39.0 Å². The molecule has 0 saturated heterocycles. The van der Waals surface area contributed by atoms with Gasteiger partial charge in [-0.2, -0.15) is 0 Å². The van der Waals surface area contributed by atoms with E-state index in [0.29, 0.717) is 0 Å². The van der Waals surface area contributed by atoms with Crippen LogP contribution in [0.15, 0.2) is 11.3 Å². The van der Waals surface area contributed by atoms with Gasteiger partial charge in [-0.3, -0.25) is 4.99 Å². The van der Waals surface area contributed by atoms with Crippen molar-refractivity contribution in [2.75, 3.05) is 20.1 Å². The topological polar surface area (TPSA) is 67.1 Å². The first-order valence-corrected chi connectivity index (χ1v) is 9.14. The summed E-state index contributed by atoms with van der Waals surface area (Å²) in [4.78, 5) is 4.33. The molecule has 2 N–H and O–H groups in total. The van der Waals surface area contributed by atoms with Crippen molar-refractivity contribution in [1.29, 1.82) is 0 Å². The molecule has 130 valence electrons. The molecular formula is C17H32N6. The summed E-state index contributed by atoms with van der Waals surface area (Å²) in [5, 5.41) is 15.0. The summed E-state index contributed by atoms with van der Waals surface area (Å²) >= 11 is 0. The third-order valence-corrected chi connectivity index (χ3v) is 4.66. The number of aromatic nitrogens is 3. The van der Waals surface area contributed by atoms with Crippen molar-refractivity contribution < 1.29 is 0 Å². The second kappa shape index (κ2) is 10.2. The van der Waals surface area contributed by atoms with Crippen LogP contribution in [0.1, 0.15) is 57.7 Å². The molecule has 0 aliphatic heterocycles. The standard InChI is InChI=1S/C17H32N6/c1-3-16-22-21-14-23(16)12-11-19-17(18-2)20-13-15-9-7-5-4-6-8-10-15/h14-15H,3-13H2,1-2H3,(H2,18,19,20). The summed E-state index contributed by atoms with van der Waals surface area (Å²) in [7, 11) is 1.84. The molecule has 1 fully saturated rings. The lowest BCUT2D eigenvalue weighted by atomic mass is 9.91. The van der Waals surface area contributed by atoms with Crippen molar-refractivity contribution in [3.8, 4) is 0 Å². The van der Waals surface area contributed by atoms with E-state index in [1.54, 1.807) is 6.33 Å². The van der Waals surface area contributed by atoms with E-state index >= 15 is 0 Å². The van der Waals surface area contributed by atoms with E-state index in [-0.39, 0.29) is 0 Å². The number of guanidine groups is 1. The molecule has 0 bridgehead atoms. The highest BCUT2D eigenvalue weighted by molar-refractivity contribution is 5.79. The van der Waals surface area contributed by atoms with Crippen LogP contribution in [0.3, 0.4) is 0 Å². The average Bonchev–Trinajstić information content (AvgIpc) is 2.99. The van der Waals surface area contributed by atoms with Gasteiger partial charge in [0.15, 0.2) is 5.96 Å². The van der Waals surface area contributed by atoms with E-state index in [4.69, 9.17) is 0 Å². The van der Waals surface area contributed by atoms with Gasteiger partial charge in [0.25, 0.3) is 0 Å². The molecule has 1 saturated carbocycles. The Morgan fingerprint density at radius 3 is 2.65 bits per heavy atom. The van der Waals surface area contributed by atoms with Crippen molar-refractivity contribution in [1.82, 2.24) is 25.4 Å². The second-order valence-electron chi connectivity index (χ2n) is 6.39. The molecule has 0 spiro atoms. The number of hydrogen-bond acceptors (Lipinski definition) is 3. The normalized spacial score (nSPS) is 17.6. The summed E-state index contributed by atoms with van der Waals surface area (Å²) in [6, 6.07) is 0. The van der Waals surface area contributed by atoms with Gasteiger partial charge in [-0.15, -0.1) is 10.2 Å². The van der Waals surface area contributed by atoms with Gasteiger partial charge in [-0.05, 0) is 18.8 Å². The lowest BCUT2D eigenvalue weighted by molar-refractivity contribution is 0.375. The Kier molecular flexibility index (Phi) is 7.90. The van der Waals surface area contributed by atoms with Crippen molar-refractivity contribution in [3.63, 3.8) is 0 Å². The zero-order valence-electron chi connectivity index (χ0n) is 14.7. The SMILES string of the molecule is CCc1nncn1CCNC(=NC)NCC1CCCCCCC1. The van der Waals surface area contributed by atoms with Crippen LogP contribution in [0.4, 0.5) is 0 Å². The highest BCUT2D eigenvalue weighted by Crippen LogP contribution is 2.21. The minimum atomic E-state index is 0.790. The minimum absolute atomic E-state index is 0.790. The van der Waals surface area contributed by atoms with Gasteiger partial charge >= 0.3 is 0 Å². The maximum absolute atomic E-state index is 4.33. The summed E-state index contributed by atoms with van der Waals surface area (Å²) in [6.45, 7) is 4.83. The molecule has 1 aromatic heterocycles. The zero-order chi connectivity index (χ0) is 16.3. The average molecular weight is 320 g/mol. The Morgan fingerprint density at radius 1 is 1.22 bits per heavy atom. The van der Waals surface area contributed by atoms with E-state index in [0.717, 1.165) is 43.8 Å². The largest absolute Gasteiger partial charge is 0.356 e. The van der Waals surface area contributed by atoms with Crippen LogP contribution < -0.4 is 10.6 Å². The Morgan fingerprint density at radius 2 is 1.96 bits per heavy atom. The van der Waals surface area contributed by atoms with E-state index in [2.05, 4.69) is 37.3 Å². The van der Waals surface area contributed by atoms with Crippen LogP contribution in [-0.2, 0) is 13.0 Å². The molecule has 0 aromatic carbocycles. The number of nitrogens with one attached hydrogen (secondary N) is 2. The summed E-state index contributed by atoms with van der Waals surface area (Å²) in [5.74, 6) is 2.72. The van der Waals surface area contributed by atoms with Crippen LogP contribution in [-0.4, -0.2) is 40.9 Å². The number of hydrogen-bond donors (Lipinski definition) is 2. The van der Waals surface area contributed by atoms with Crippen molar-refractivity contribution in [2.45, 2.75) is 64.8 Å². The fraction of sp³-hybridized carbons (Fsp3) is 0.824. The molecule has 1 aliphatic carbocycles. The fourth-order valence-electron chi connectivity index (χ4n) is 3.24. The van der Waals surface area contributed by atoms with Gasteiger partial charge in [-0.25, -0.2) is 0 Å². The molecule has 1 aromatic rings. The van der Waals surface area contributed by atoms with E-state index in [9.17, 15) is 0 Å². The first-order chi connectivity index (χ1) is 11.3. The van der Waals surface area contributed by atoms with E-state index in [1.807, 2.05) is 7.05 Å². The maximum atomic E-state index is 4.33. The Bertz CT molecular complexity index is 459. The van der Waals surface area contributed by atoms with Gasteiger partial charge in [0.1, 0.15) is 12.2 Å². The van der Waals surface area contributed by atoms with Crippen molar-refractivity contribution in [3.05, 3.63) is 12.2 Å². The van der Waals surface area contributed by atoms with Crippen LogP contribution in [0.2, 0.25) is 0 Å². The predicted octanol–water partition coefficient (Wildman–Crippen LogP) is 2.37. The van der Waals surface area contributed by atoms with Gasteiger partial charge in [0.2, 0.25) is 0 Å². The minimum Gasteiger partial charge on any atom is -0.356 e. The highest BCUT2D eigenvalue weighted by atomic mass is 15.3. The van der Waals surface area contributed by atoms with E-state index < -0.39 is 0 Å². The van der Waals surface area contributed by atoms with Crippen molar-refractivity contribution in [2.24, 2.45) is 10.9 Å². The highest BCUT2D eigenvalue weighted by Gasteiger charge is 2.11. The molecular weight excluding hydrogens is 288 g/mol. The van der Waals surface area contributed by atoms with Crippen molar-refractivity contribution >= 4 is 5.96 Å². The number of nitrogens with zero attached hydrogens (tertiary/aromatic N) is 4. The number of aliphatic imine (C=N–C) groups is 1. The molecule has 0 unspecified atom stereocenters. The van der Waals surface area contributed by atoms with Gasteiger partial charge in [0, 0.05) is 33.1 Å². The summed E-state index contributed by atoms with van der Waals surface area (Å²) in [5.41, 5.74) is 0. The molecule has 1 heterocycles. The molecule has 2 rings (SSSR count). The Balaban J connectivity index is 1.68. The monoisotopic (exact) mass is 320 g/mol. The summed E-state index contributed by atoms with van der Waals surface area (Å²) in [6.07, 6.45) is 12.4. The second-order valence-corrected chi connectivity index (χ2v) is 6.39. The first-order valence-electron chi connectivity index (χ1n) is 9.14. The molecule has 6 heteroatoms. The Labute approximate surface area is 140 Å². The lowest BCUT2D eigenvalue weighted by Crippen LogP contribution is -2.41. The zero-order valence-corrected chi connectivity index (χ0v) is 14.7. The van der Waals surface area contributed by atoms with Gasteiger partial charge in [0.05, 0.1) is 0 Å².